The number of hydrogen-bond acceptors (Lipinski definition) is 2. The molecule has 2 aliphatic heterocycles. The largest absolute Gasteiger partial charge is 0.342 e. The molecule has 0 N–H and O–H groups in total. The highest BCUT2D eigenvalue weighted by Crippen LogP contribution is 2.27. The van der Waals surface area contributed by atoms with E-state index in [2.05, 4.69) is 18.7 Å². The van der Waals surface area contributed by atoms with Crippen LogP contribution in [0.25, 0.3) is 0 Å². The third-order valence-corrected chi connectivity index (χ3v) is 4.88. The first kappa shape index (κ1) is 17.3. The van der Waals surface area contributed by atoms with Crippen molar-refractivity contribution in [3.05, 3.63) is 0 Å². The van der Waals surface area contributed by atoms with E-state index in [-0.39, 0.29) is 23.1 Å². The summed E-state index contributed by atoms with van der Waals surface area (Å²) in [7, 11) is 0. The molecule has 2 heterocycles. The van der Waals surface area contributed by atoms with Crippen LogP contribution in [-0.4, -0.2) is 47.8 Å². The molecule has 3 atom stereocenters. The zero-order valence-electron chi connectivity index (χ0n) is 14.9. The van der Waals surface area contributed by atoms with Gasteiger partial charge >= 0.3 is 0 Å². The summed E-state index contributed by atoms with van der Waals surface area (Å²) in [6, 6.07) is 0. The fraction of sp³-hybridized carbons (Fsp3) is 0.889. The molecule has 2 amide bonds. The van der Waals surface area contributed by atoms with E-state index in [1.165, 1.54) is 6.42 Å². The Balaban J connectivity index is 2.00. The number of likely N-dealkylation sites (tertiary alicyclic amines) is 2. The lowest BCUT2D eigenvalue weighted by atomic mass is 9.88. The first-order chi connectivity index (χ1) is 10.2. The molecule has 0 aromatic carbocycles. The second kappa shape index (κ2) is 6.59. The van der Waals surface area contributed by atoms with Crippen molar-refractivity contribution >= 4 is 11.8 Å². The number of amides is 2. The van der Waals surface area contributed by atoms with Crippen molar-refractivity contribution in [1.82, 2.24) is 9.80 Å². The SMILES string of the molecule is CC1CC(C)CN(C(=O)C2CCCN(C(=O)C(C)(C)C)C2)C1. The number of carbonyl (C=O) groups excluding carboxylic acids is 2. The Morgan fingerprint density at radius 1 is 0.955 bits per heavy atom. The first-order valence-corrected chi connectivity index (χ1v) is 8.76. The Morgan fingerprint density at radius 3 is 2.09 bits per heavy atom. The Morgan fingerprint density at radius 2 is 1.55 bits per heavy atom. The smallest absolute Gasteiger partial charge is 0.227 e. The summed E-state index contributed by atoms with van der Waals surface area (Å²) in [5.41, 5.74) is -0.362. The Hall–Kier alpha value is -1.06. The van der Waals surface area contributed by atoms with Crippen LogP contribution in [0.4, 0.5) is 0 Å². The molecule has 2 aliphatic rings. The van der Waals surface area contributed by atoms with Crippen LogP contribution >= 0.6 is 0 Å². The average Bonchev–Trinajstić information content (AvgIpc) is 2.43. The van der Waals surface area contributed by atoms with Gasteiger partial charge in [0, 0.05) is 31.6 Å². The summed E-state index contributed by atoms with van der Waals surface area (Å²) in [6.07, 6.45) is 3.08. The van der Waals surface area contributed by atoms with Crippen LogP contribution in [0.3, 0.4) is 0 Å². The molecule has 2 rings (SSSR count). The van der Waals surface area contributed by atoms with Gasteiger partial charge in [-0.2, -0.15) is 0 Å². The van der Waals surface area contributed by atoms with Crippen molar-refractivity contribution < 1.29 is 9.59 Å². The molecular formula is C18H32N2O2. The Bertz CT molecular complexity index is 417. The lowest BCUT2D eigenvalue weighted by Crippen LogP contribution is -2.51. The van der Waals surface area contributed by atoms with Crippen LogP contribution in [0.15, 0.2) is 0 Å². The minimum atomic E-state index is -0.362. The van der Waals surface area contributed by atoms with E-state index < -0.39 is 0 Å². The van der Waals surface area contributed by atoms with E-state index in [0.29, 0.717) is 18.4 Å². The van der Waals surface area contributed by atoms with Crippen molar-refractivity contribution in [2.75, 3.05) is 26.2 Å². The van der Waals surface area contributed by atoms with E-state index in [4.69, 9.17) is 0 Å². The molecular weight excluding hydrogens is 276 g/mol. The number of piperidine rings is 2. The third kappa shape index (κ3) is 4.02. The molecule has 4 nitrogen and oxygen atoms in total. The summed E-state index contributed by atoms with van der Waals surface area (Å²) < 4.78 is 0. The number of hydrogen-bond donors (Lipinski definition) is 0. The summed E-state index contributed by atoms with van der Waals surface area (Å²) in [4.78, 5) is 29.3. The van der Waals surface area contributed by atoms with Gasteiger partial charge in [0.15, 0.2) is 0 Å². The molecule has 0 spiro atoms. The van der Waals surface area contributed by atoms with E-state index in [0.717, 1.165) is 32.5 Å². The molecule has 0 aliphatic carbocycles. The predicted molar refractivity (Wildman–Crippen MR) is 88.3 cm³/mol. The maximum absolute atomic E-state index is 12.9. The highest BCUT2D eigenvalue weighted by molar-refractivity contribution is 5.84. The van der Waals surface area contributed by atoms with Gasteiger partial charge in [-0.25, -0.2) is 0 Å². The summed E-state index contributed by atoms with van der Waals surface area (Å²) >= 11 is 0. The molecule has 22 heavy (non-hydrogen) atoms. The van der Waals surface area contributed by atoms with Crippen LogP contribution in [-0.2, 0) is 9.59 Å². The van der Waals surface area contributed by atoms with Crippen LogP contribution in [0.5, 0.6) is 0 Å². The van der Waals surface area contributed by atoms with Crippen molar-refractivity contribution in [2.45, 2.75) is 53.9 Å². The van der Waals surface area contributed by atoms with Gasteiger partial charge in [-0.1, -0.05) is 34.6 Å². The summed E-state index contributed by atoms with van der Waals surface area (Å²) in [6.45, 7) is 13.5. The van der Waals surface area contributed by atoms with Gasteiger partial charge in [0.1, 0.15) is 0 Å². The highest BCUT2D eigenvalue weighted by atomic mass is 16.2. The van der Waals surface area contributed by atoms with E-state index in [9.17, 15) is 9.59 Å². The molecule has 2 saturated heterocycles. The van der Waals surface area contributed by atoms with Crippen LogP contribution < -0.4 is 0 Å². The Kier molecular flexibility index (Phi) is 5.18. The molecule has 2 fully saturated rings. The van der Waals surface area contributed by atoms with Crippen molar-refractivity contribution in [3.8, 4) is 0 Å². The minimum absolute atomic E-state index is 0.00227. The molecule has 3 unspecified atom stereocenters. The zero-order valence-corrected chi connectivity index (χ0v) is 14.9. The van der Waals surface area contributed by atoms with Crippen LogP contribution in [0.2, 0.25) is 0 Å². The highest BCUT2D eigenvalue weighted by Gasteiger charge is 2.36. The minimum Gasteiger partial charge on any atom is -0.342 e. The zero-order chi connectivity index (χ0) is 16.5. The average molecular weight is 308 g/mol. The summed E-state index contributed by atoms with van der Waals surface area (Å²) in [5, 5.41) is 0. The molecule has 4 heteroatoms. The second-order valence-electron chi connectivity index (χ2n) is 8.53. The maximum atomic E-state index is 12.9. The fourth-order valence-electron chi connectivity index (χ4n) is 3.94. The first-order valence-electron chi connectivity index (χ1n) is 8.76. The quantitative estimate of drug-likeness (QED) is 0.747. The normalized spacial score (nSPS) is 30.3. The summed E-state index contributed by atoms with van der Waals surface area (Å²) in [5.74, 6) is 1.61. The molecule has 0 saturated carbocycles. The van der Waals surface area contributed by atoms with Gasteiger partial charge in [0.25, 0.3) is 0 Å². The maximum Gasteiger partial charge on any atom is 0.227 e. The van der Waals surface area contributed by atoms with Crippen molar-refractivity contribution in [2.24, 2.45) is 23.2 Å². The standard InChI is InChI=1S/C18H32N2O2/c1-13-9-14(2)11-20(10-13)16(21)15-7-6-8-19(12-15)17(22)18(3,4)5/h13-15H,6-12H2,1-5H3. The number of rotatable bonds is 1. The van der Waals surface area contributed by atoms with E-state index in [1.807, 2.05) is 25.7 Å². The molecule has 0 aromatic heterocycles. The van der Waals surface area contributed by atoms with Gasteiger partial charge in [0.05, 0.1) is 5.92 Å². The van der Waals surface area contributed by atoms with Gasteiger partial charge in [-0.3, -0.25) is 9.59 Å². The van der Waals surface area contributed by atoms with E-state index in [1.54, 1.807) is 0 Å². The van der Waals surface area contributed by atoms with E-state index >= 15 is 0 Å². The monoisotopic (exact) mass is 308 g/mol. The lowest BCUT2D eigenvalue weighted by molar-refractivity contribution is -0.146. The van der Waals surface area contributed by atoms with Crippen molar-refractivity contribution in [3.63, 3.8) is 0 Å². The molecule has 0 radical (unpaired) electrons. The molecule has 0 aromatic rings. The van der Waals surface area contributed by atoms with Gasteiger partial charge in [-0.05, 0) is 31.1 Å². The fourth-order valence-corrected chi connectivity index (χ4v) is 3.94. The Labute approximate surface area is 135 Å². The molecule has 0 bridgehead atoms. The second-order valence-corrected chi connectivity index (χ2v) is 8.53. The van der Waals surface area contributed by atoms with Gasteiger partial charge in [0.2, 0.25) is 11.8 Å². The van der Waals surface area contributed by atoms with Gasteiger partial charge in [-0.15, -0.1) is 0 Å². The topological polar surface area (TPSA) is 40.6 Å². The molecule has 126 valence electrons. The number of carbonyl (C=O) groups is 2. The van der Waals surface area contributed by atoms with Crippen molar-refractivity contribution in [1.29, 1.82) is 0 Å². The van der Waals surface area contributed by atoms with Gasteiger partial charge < -0.3 is 9.80 Å². The van der Waals surface area contributed by atoms with Crippen LogP contribution in [0, 0.1) is 23.2 Å². The van der Waals surface area contributed by atoms with Crippen LogP contribution in [0.1, 0.15) is 53.9 Å². The third-order valence-electron chi connectivity index (χ3n) is 4.88. The predicted octanol–water partition coefficient (Wildman–Crippen LogP) is 2.78. The lowest BCUT2D eigenvalue weighted by Gasteiger charge is -2.40. The number of nitrogens with zero attached hydrogens (tertiary/aromatic N) is 2.